The molecule has 0 N–H and O–H groups in total. The van der Waals surface area contributed by atoms with Crippen molar-refractivity contribution in [3.63, 3.8) is 0 Å². The van der Waals surface area contributed by atoms with Gasteiger partial charge in [0.15, 0.2) is 0 Å². The third kappa shape index (κ3) is 3.74. The molecule has 1 atom stereocenters. The summed E-state index contributed by atoms with van der Waals surface area (Å²) < 4.78 is 12.4. The van der Waals surface area contributed by atoms with Crippen molar-refractivity contribution in [3.05, 3.63) is 60.3 Å². The fourth-order valence-corrected chi connectivity index (χ4v) is 2.76. The molecular formula is C19H21N5O3. The first-order valence-corrected chi connectivity index (χ1v) is 8.35. The number of carbonyl (C=O) groups is 1. The zero-order valence-corrected chi connectivity index (χ0v) is 15.7. The number of ether oxygens (including phenoxy) is 2. The van der Waals surface area contributed by atoms with Gasteiger partial charge in [0.1, 0.15) is 30.0 Å². The molecule has 0 aliphatic heterocycles. The van der Waals surface area contributed by atoms with Crippen LogP contribution >= 0.6 is 0 Å². The van der Waals surface area contributed by atoms with Crippen molar-refractivity contribution in [2.75, 3.05) is 21.3 Å². The lowest BCUT2D eigenvalue weighted by Crippen LogP contribution is -2.30. The van der Waals surface area contributed by atoms with Crippen molar-refractivity contribution in [1.29, 1.82) is 0 Å². The van der Waals surface area contributed by atoms with E-state index in [4.69, 9.17) is 9.47 Å². The highest BCUT2D eigenvalue weighted by Gasteiger charge is 2.22. The monoisotopic (exact) mass is 367 g/mol. The zero-order chi connectivity index (χ0) is 19.4. The summed E-state index contributed by atoms with van der Waals surface area (Å²) in [6, 6.07) is 8.75. The van der Waals surface area contributed by atoms with Crippen LogP contribution in [0.25, 0.3) is 5.82 Å². The predicted molar refractivity (Wildman–Crippen MR) is 99.2 cm³/mol. The van der Waals surface area contributed by atoms with E-state index in [1.54, 1.807) is 55.1 Å². The molecule has 0 aliphatic rings. The number of methoxy groups -OCH3 is 2. The van der Waals surface area contributed by atoms with Crippen molar-refractivity contribution in [2.24, 2.45) is 0 Å². The average molecular weight is 367 g/mol. The second kappa shape index (κ2) is 7.86. The molecule has 140 valence electrons. The number of hydrogen-bond donors (Lipinski definition) is 0. The lowest BCUT2D eigenvalue weighted by molar-refractivity contribution is 0.0741. The van der Waals surface area contributed by atoms with Gasteiger partial charge in [-0.3, -0.25) is 9.36 Å². The van der Waals surface area contributed by atoms with E-state index in [0.29, 0.717) is 22.9 Å². The predicted octanol–water partition coefficient (Wildman–Crippen LogP) is 2.51. The Bertz CT molecular complexity index is 927. The average Bonchev–Trinajstić information content (AvgIpc) is 3.26. The van der Waals surface area contributed by atoms with Gasteiger partial charge < -0.3 is 14.4 Å². The van der Waals surface area contributed by atoms with E-state index in [0.717, 1.165) is 5.56 Å². The fourth-order valence-electron chi connectivity index (χ4n) is 2.76. The Morgan fingerprint density at radius 1 is 1.11 bits per heavy atom. The van der Waals surface area contributed by atoms with E-state index in [2.05, 4.69) is 15.2 Å². The van der Waals surface area contributed by atoms with Gasteiger partial charge in [-0.1, -0.05) is 0 Å². The normalized spacial score (nSPS) is 11.7. The van der Waals surface area contributed by atoms with Crippen LogP contribution in [0.5, 0.6) is 11.5 Å². The van der Waals surface area contributed by atoms with Gasteiger partial charge in [0.2, 0.25) is 0 Å². The Morgan fingerprint density at radius 3 is 2.52 bits per heavy atom. The van der Waals surface area contributed by atoms with Gasteiger partial charge in [0.25, 0.3) is 5.91 Å². The van der Waals surface area contributed by atoms with Crippen LogP contribution in [-0.2, 0) is 0 Å². The highest BCUT2D eigenvalue weighted by atomic mass is 16.5. The quantitative estimate of drug-likeness (QED) is 0.666. The minimum atomic E-state index is -0.204. The van der Waals surface area contributed by atoms with Crippen molar-refractivity contribution >= 4 is 5.91 Å². The smallest absolute Gasteiger partial charge is 0.254 e. The Morgan fingerprint density at radius 2 is 1.85 bits per heavy atom. The van der Waals surface area contributed by atoms with Crippen molar-refractivity contribution < 1.29 is 14.3 Å². The molecule has 2 aromatic heterocycles. The Kier molecular flexibility index (Phi) is 5.35. The molecule has 0 radical (unpaired) electrons. The zero-order valence-electron chi connectivity index (χ0n) is 15.7. The van der Waals surface area contributed by atoms with Crippen LogP contribution in [0.1, 0.15) is 28.9 Å². The molecule has 3 rings (SSSR count). The Hall–Kier alpha value is -3.42. The van der Waals surface area contributed by atoms with E-state index >= 15 is 0 Å². The van der Waals surface area contributed by atoms with Crippen LogP contribution in [0.15, 0.2) is 49.2 Å². The molecule has 0 saturated heterocycles. The highest BCUT2D eigenvalue weighted by Crippen LogP contribution is 2.32. The first-order chi connectivity index (χ1) is 13.0. The molecular weight excluding hydrogens is 346 g/mol. The van der Waals surface area contributed by atoms with Crippen LogP contribution in [0.2, 0.25) is 0 Å². The van der Waals surface area contributed by atoms with Crippen molar-refractivity contribution in [2.45, 2.75) is 13.0 Å². The molecule has 0 bridgehead atoms. The summed E-state index contributed by atoms with van der Waals surface area (Å²) in [5.41, 5.74) is 1.41. The van der Waals surface area contributed by atoms with E-state index in [-0.39, 0.29) is 11.9 Å². The second-order valence-corrected chi connectivity index (χ2v) is 5.97. The maximum absolute atomic E-state index is 13.0. The standard InChI is InChI=1S/C19H21N5O3/c1-13(16-6-5-15(26-3)10-17(16)27-4)23(2)19(25)14-7-8-20-18(9-14)24-11-21-22-12-24/h5-13H,1-4H3/t13-/m0/s1. The first-order valence-electron chi connectivity index (χ1n) is 8.35. The third-order valence-electron chi connectivity index (χ3n) is 4.47. The summed E-state index contributed by atoms with van der Waals surface area (Å²) in [5, 5.41) is 7.53. The van der Waals surface area contributed by atoms with Crippen LogP contribution in [0.3, 0.4) is 0 Å². The van der Waals surface area contributed by atoms with E-state index < -0.39 is 0 Å². The molecule has 27 heavy (non-hydrogen) atoms. The second-order valence-electron chi connectivity index (χ2n) is 5.97. The number of rotatable bonds is 6. The van der Waals surface area contributed by atoms with E-state index in [1.165, 1.54) is 12.7 Å². The van der Waals surface area contributed by atoms with Gasteiger partial charge >= 0.3 is 0 Å². The minimum absolute atomic E-state index is 0.128. The molecule has 0 saturated carbocycles. The summed E-state index contributed by atoms with van der Waals surface area (Å²) in [7, 11) is 4.96. The third-order valence-corrected chi connectivity index (χ3v) is 4.47. The number of amides is 1. The first kappa shape index (κ1) is 18.4. The summed E-state index contributed by atoms with van der Waals surface area (Å²) in [6.45, 7) is 1.95. The van der Waals surface area contributed by atoms with Gasteiger partial charge in [0.05, 0.1) is 20.3 Å². The molecule has 3 aromatic rings. The molecule has 8 heteroatoms. The fraction of sp³-hybridized carbons (Fsp3) is 0.263. The number of hydrogen-bond acceptors (Lipinski definition) is 6. The molecule has 0 spiro atoms. The summed E-state index contributed by atoms with van der Waals surface area (Å²) in [4.78, 5) is 18.9. The minimum Gasteiger partial charge on any atom is -0.497 e. The maximum Gasteiger partial charge on any atom is 0.254 e. The lowest BCUT2D eigenvalue weighted by Gasteiger charge is -2.27. The van der Waals surface area contributed by atoms with E-state index in [1.807, 2.05) is 19.1 Å². The van der Waals surface area contributed by atoms with Gasteiger partial charge in [-0.25, -0.2) is 4.98 Å². The van der Waals surface area contributed by atoms with Crippen molar-refractivity contribution in [1.82, 2.24) is 24.6 Å². The van der Waals surface area contributed by atoms with Gasteiger partial charge in [-0.2, -0.15) is 0 Å². The summed E-state index contributed by atoms with van der Waals surface area (Å²) in [6.07, 6.45) is 4.66. The number of pyridine rings is 1. The Balaban J connectivity index is 1.86. The number of carbonyl (C=O) groups excluding carboxylic acids is 1. The molecule has 8 nitrogen and oxygen atoms in total. The molecule has 1 aromatic carbocycles. The van der Waals surface area contributed by atoms with Crippen LogP contribution in [-0.4, -0.2) is 51.8 Å². The number of nitrogens with zero attached hydrogens (tertiary/aromatic N) is 5. The van der Waals surface area contributed by atoms with Crippen LogP contribution in [0, 0.1) is 0 Å². The molecule has 0 aliphatic carbocycles. The number of benzene rings is 1. The largest absolute Gasteiger partial charge is 0.497 e. The van der Waals surface area contributed by atoms with Crippen molar-refractivity contribution in [3.8, 4) is 17.3 Å². The molecule has 2 heterocycles. The lowest BCUT2D eigenvalue weighted by atomic mass is 10.0. The van der Waals surface area contributed by atoms with Gasteiger partial charge in [-0.15, -0.1) is 10.2 Å². The Labute approximate surface area is 157 Å². The molecule has 1 amide bonds. The van der Waals surface area contributed by atoms with E-state index in [9.17, 15) is 4.79 Å². The maximum atomic E-state index is 13.0. The van der Waals surface area contributed by atoms with Crippen LogP contribution in [0.4, 0.5) is 0 Å². The number of aromatic nitrogens is 4. The molecule has 0 fully saturated rings. The summed E-state index contributed by atoms with van der Waals surface area (Å²) in [5.74, 6) is 1.82. The van der Waals surface area contributed by atoms with Gasteiger partial charge in [-0.05, 0) is 31.2 Å². The molecule has 0 unspecified atom stereocenters. The van der Waals surface area contributed by atoms with Crippen LogP contribution < -0.4 is 9.47 Å². The topological polar surface area (TPSA) is 82.4 Å². The SMILES string of the molecule is COc1ccc([C@H](C)N(C)C(=O)c2ccnc(-n3cnnc3)c2)c(OC)c1. The van der Waals surface area contributed by atoms with Gasteiger partial charge in [0, 0.05) is 30.4 Å². The summed E-state index contributed by atoms with van der Waals surface area (Å²) >= 11 is 0. The highest BCUT2D eigenvalue weighted by molar-refractivity contribution is 5.94.